The summed E-state index contributed by atoms with van der Waals surface area (Å²) in [5, 5.41) is 9.42. The lowest BCUT2D eigenvalue weighted by Crippen LogP contribution is -1.99. The standard InChI is InChI=1S/C9H10BrFO/c1-2-8(12)9-6(10)4-3-5-7(9)11/h3-5,8,12H,2H2,1H3. The fraction of sp³-hybridized carbons (Fsp3) is 0.333. The van der Waals surface area contributed by atoms with Crippen LogP contribution in [0.25, 0.3) is 0 Å². The molecule has 0 amide bonds. The molecule has 1 aromatic rings. The first-order valence-electron chi connectivity index (χ1n) is 3.78. The second kappa shape index (κ2) is 4.01. The molecule has 0 radical (unpaired) electrons. The molecule has 1 nitrogen and oxygen atoms in total. The third kappa shape index (κ3) is 1.84. The van der Waals surface area contributed by atoms with E-state index in [1.54, 1.807) is 12.1 Å². The summed E-state index contributed by atoms with van der Waals surface area (Å²) in [5.74, 6) is -0.362. The zero-order valence-electron chi connectivity index (χ0n) is 6.72. The molecule has 12 heavy (non-hydrogen) atoms. The van der Waals surface area contributed by atoms with E-state index in [4.69, 9.17) is 0 Å². The molecule has 1 atom stereocenters. The van der Waals surface area contributed by atoms with E-state index in [2.05, 4.69) is 15.9 Å². The Kier molecular flexibility index (Phi) is 3.23. The van der Waals surface area contributed by atoms with Crippen molar-refractivity contribution in [3.63, 3.8) is 0 Å². The quantitative estimate of drug-likeness (QED) is 0.832. The van der Waals surface area contributed by atoms with Gasteiger partial charge in [-0.1, -0.05) is 28.9 Å². The Morgan fingerprint density at radius 1 is 1.58 bits per heavy atom. The van der Waals surface area contributed by atoms with Gasteiger partial charge >= 0.3 is 0 Å². The van der Waals surface area contributed by atoms with Crippen LogP contribution in [0.15, 0.2) is 22.7 Å². The van der Waals surface area contributed by atoms with Gasteiger partial charge in [-0.15, -0.1) is 0 Å². The molecule has 1 N–H and O–H groups in total. The molecule has 0 saturated heterocycles. The van der Waals surface area contributed by atoms with Crippen LogP contribution < -0.4 is 0 Å². The van der Waals surface area contributed by atoms with Crippen LogP contribution in [0.3, 0.4) is 0 Å². The zero-order chi connectivity index (χ0) is 9.14. The van der Waals surface area contributed by atoms with Gasteiger partial charge in [-0.25, -0.2) is 4.39 Å². The van der Waals surface area contributed by atoms with Crippen molar-refractivity contribution in [1.29, 1.82) is 0 Å². The number of hydrogen-bond acceptors (Lipinski definition) is 1. The summed E-state index contributed by atoms with van der Waals surface area (Å²) in [5.41, 5.74) is 0.347. The Hall–Kier alpha value is -0.410. The summed E-state index contributed by atoms with van der Waals surface area (Å²) in [7, 11) is 0. The van der Waals surface area contributed by atoms with Crippen LogP contribution in [0.5, 0.6) is 0 Å². The maximum absolute atomic E-state index is 13.1. The minimum atomic E-state index is -0.722. The molecule has 0 saturated carbocycles. The second-order valence-corrected chi connectivity index (χ2v) is 3.41. The van der Waals surface area contributed by atoms with Gasteiger partial charge < -0.3 is 5.11 Å². The summed E-state index contributed by atoms with van der Waals surface area (Å²) in [4.78, 5) is 0. The summed E-state index contributed by atoms with van der Waals surface area (Å²) in [6.45, 7) is 1.81. The third-order valence-corrected chi connectivity index (χ3v) is 2.41. The second-order valence-electron chi connectivity index (χ2n) is 2.56. The first-order chi connectivity index (χ1) is 5.66. The predicted octanol–water partition coefficient (Wildman–Crippen LogP) is 3.03. The molecule has 66 valence electrons. The number of rotatable bonds is 2. The van der Waals surface area contributed by atoms with Crippen molar-refractivity contribution in [1.82, 2.24) is 0 Å². The van der Waals surface area contributed by atoms with Gasteiger partial charge in [-0.05, 0) is 18.6 Å². The van der Waals surface area contributed by atoms with Crippen LogP contribution in [0.2, 0.25) is 0 Å². The normalized spacial score (nSPS) is 13.0. The highest BCUT2D eigenvalue weighted by Crippen LogP contribution is 2.27. The Balaban J connectivity index is 3.12. The van der Waals surface area contributed by atoms with Crippen LogP contribution in [0, 0.1) is 5.82 Å². The monoisotopic (exact) mass is 232 g/mol. The van der Waals surface area contributed by atoms with Gasteiger partial charge in [-0.2, -0.15) is 0 Å². The lowest BCUT2D eigenvalue weighted by Gasteiger charge is -2.10. The predicted molar refractivity (Wildman–Crippen MR) is 49.4 cm³/mol. The van der Waals surface area contributed by atoms with Gasteiger partial charge in [0.05, 0.1) is 6.10 Å². The van der Waals surface area contributed by atoms with Crippen LogP contribution in [0.1, 0.15) is 25.0 Å². The molecule has 1 rings (SSSR count). The van der Waals surface area contributed by atoms with E-state index in [0.29, 0.717) is 16.5 Å². The number of hydrogen-bond donors (Lipinski definition) is 1. The highest BCUT2D eigenvalue weighted by molar-refractivity contribution is 9.10. The van der Waals surface area contributed by atoms with Crippen molar-refractivity contribution in [3.8, 4) is 0 Å². The minimum absolute atomic E-state index is 0.347. The van der Waals surface area contributed by atoms with E-state index < -0.39 is 6.10 Å². The van der Waals surface area contributed by atoms with Gasteiger partial charge in [0.25, 0.3) is 0 Å². The first-order valence-corrected chi connectivity index (χ1v) is 4.58. The van der Waals surface area contributed by atoms with Gasteiger partial charge in [-0.3, -0.25) is 0 Å². The van der Waals surface area contributed by atoms with Crippen LogP contribution in [-0.4, -0.2) is 5.11 Å². The van der Waals surface area contributed by atoms with E-state index >= 15 is 0 Å². The van der Waals surface area contributed by atoms with Gasteiger partial charge in [0.1, 0.15) is 5.82 Å². The topological polar surface area (TPSA) is 20.2 Å². The SMILES string of the molecule is CCC(O)c1c(F)cccc1Br. The van der Waals surface area contributed by atoms with Crippen molar-refractivity contribution in [2.45, 2.75) is 19.4 Å². The van der Waals surface area contributed by atoms with Gasteiger partial charge in [0.2, 0.25) is 0 Å². The highest BCUT2D eigenvalue weighted by Gasteiger charge is 2.13. The molecule has 0 spiro atoms. The van der Waals surface area contributed by atoms with E-state index in [9.17, 15) is 9.50 Å². The molecular formula is C9H10BrFO. The lowest BCUT2D eigenvalue weighted by molar-refractivity contribution is 0.168. The van der Waals surface area contributed by atoms with E-state index in [1.807, 2.05) is 6.92 Å². The Bertz CT molecular complexity index is 255. The molecule has 0 aliphatic heterocycles. The van der Waals surface area contributed by atoms with Crippen molar-refractivity contribution >= 4 is 15.9 Å². The van der Waals surface area contributed by atoms with E-state index in [0.717, 1.165) is 0 Å². The van der Waals surface area contributed by atoms with Gasteiger partial charge in [0, 0.05) is 10.0 Å². The number of benzene rings is 1. The molecule has 3 heteroatoms. The molecule has 0 aliphatic rings. The molecule has 1 unspecified atom stereocenters. The Morgan fingerprint density at radius 3 is 2.75 bits per heavy atom. The summed E-state index contributed by atoms with van der Waals surface area (Å²) < 4.78 is 13.7. The molecule has 0 aliphatic carbocycles. The van der Waals surface area contributed by atoms with E-state index in [1.165, 1.54) is 6.07 Å². The fourth-order valence-electron chi connectivity index (χ4n) is 1.03. The van der Waals surface area contributed by atoms with Crippen LogP contribution in [0.4, 0.5) is 4.39 Å². The average molecular weight is 233 g/mol. The van der Waals surface area contributed by atoms with Crippen LogP contribution >= 0.6 is 15.9 Å². The molecule has 1 aromatic carbocycles. The average Bonchev–Trinajstić information content (AvgIpc) is 2.03. The van der Waals surface area contributed by atoms with Crippen molar-refractivity contribution in [2.75, 3.05) is 0 Å². The number of halogens is 2. The lowest BCUT2D eigenvalue weighted by atomic mass is 10.1. The summed E-state index contributed by atoms with van der Waals surface area (Å²) in [6, 6.07) is 4.67. The molecule has 0 heterocycles. The zero-order valence-corrected chi connectivity index (χ0v) is 8.31. The molecule has 0 bridgehead atoms. The van der Waals surface area contributed by atoms with Gasteiger partial charge in [0.15, 0.2) is 0 Å². The number of aliphatic hydroxyl groups excluding tert-OH is 1. The fourth-order valence-corrected chi connectivity index (χ4v) is 1.64. The van der Waals surface area contributed by atoms with Crippen molar-refractivity contribution in [3.05, 3.63) is 34.1 Å². The smallest absolute Gasteiger partial charge is 0.130 e. The summed E-state index contributed by atoms with van der Waals surface area (Å²) in [6.07, 6.45) is -0.208. The molecule has 0 fully saturated rings. The Morgan fingerprint density at radius 2 is 2.25 bits per heavy atom. The van der Waals surface area contributed by atoms with Crippen molar-refractivity contribution < 1.29 is 9.50 Å². The minimum Gasteiger partial charge on any atom is -0.388 e. The maximum Gasteiger partial charge on any atom is 0.130 e. The molecule has 0 aromatic heterocycles. The summed E-state index contributed by atoms with van der Waals surface area (Å²) >= 11 is 3.19. The third-order valence-electron chi connectivity index (χ3n) is 1.72. The highest BCUT2D eigenvalue weighted by atomic mass is 79.9. The first kappa shape index (κ1) is 9.68. The van der Waals surface area contributed by atoms with Crippen molar-refractivity contribution in [2.24, 2.45) is 0 Å². The maximum atomic E-state index is 13.1. The number of aliphatic hydroxyl groups is 1. The van der Waals surface area contributed by atoms with Crippen LogP contribution in [-0.2, 0) is 0 Å². The Labute approximate surface area is 79.4 Å². The largest absolute Gasteiger partial charge is 0.388 e. The molecular weight excluding hydrogens is 223 g/mol. The van der Waals surface area contributed by atoms with E-state index in [-0.39, 0.29) is 5.82 Å².